The quantitative estimate of drug-likeness (QED) is 0.899. The van der Waals surface area contributed by atoms with Crippen LogP contribution in [0, 0.1) is 13.8 Å². The molecule has 19 heavy (non-hydrogen) atoms. The maximum absolute atomic E-state index is 12.0. The van der Waals surface area contributed by atoms with Crippen LogP contribution in [0.4, 0.5) is 0 Å². The predicted molar refractivity (Wildman–Crippen MR) is 75.1 cm³/mol. The van der Waals surface area contributed by atoms with Gasteiger partial charge in [-0.15, -0.1) is 11.3 Å². The number of carbonyl (C=O) groups excluding carboxylic acids is 1. The van der Waals surface area contributed by atoms with Crippen LogP contribution in [0.5, 0.6) is 0 Å². The summed E-state index contributed by atoms with van der Waals surface area (Å²) in [6.07, 6.45) is 0. The number of carbonyl (C=O) groups is 1. The number of thiazole rings is 1. The third-order valence-electron chi connectivity index (χ3n) is 2.84. The highest BCUT2D eigenvalue weighted by molar-refractivity contribution is 7.11. The van der Waals surface area contributed by atoms with Gasteiger partial charge >= 0.3 is 0 Å². The van der Waals surface area contributed by atoms with Crippen LogP contribution < -0.4 is 5.32 Å². The van der Waals surface area contributed by atoms with E-state index >= 15 is 0 Å². The smallest absolute Gasteiger partial charge is 0.251 e. The second-order valence-electron chi connectivity index (χ2n) is 4.29. The summed E-state index contributed by atoms with van der Waals surface area (Å²) in [5, 5.41) is 12.8. The predicted octanol–water partition coefficient (Wildman–Crippen LogP) is 2.18. The van der Waals surface area contributed by atoms with Gasteiger partial charge in [0.1, 0.15) is 5.01 Å². The van der Waals surface area contributed by atoms with Gasteiger partial charge in [-0.25, -0.2) is 4.98 Å². The maximum Gasteiger partial charge on any atom is 0.251 e. The van der Waals surface area contributed by atoms with Crippen molar-refractivity contribution in [1.29, 1.82) is 0 Å². The molecule has 0 saturated heterocycles. The summed E-state index contributed by atoms with van der Waals surface area (Å²) in [6, 6.07) is 6.96. The Kier molecular flexibility index (Phi) is 4.29. The van der Waals surface area contributed by atoms with E-state index < -0.39 is 0 Å². The summed E-state index contributed by atoms with van der Waals surface area (Å²) in [6.45, 7) is 4.35. The maximum atomic E-state index is 12.0. The van der Waals surface area contributed by atoms with Gasteiger partial charge in [-0.3, -0.25) is 4.79 Å². The zero-order valence-electron chi connectivity index (χ0n) is 10.9. The number of aromatic nitrogens is 1. The van der Waals surface area contributed by atoms with Crippen molar-refractivity contribution < 1.29 is 9.90 Å². The summed E-state index contributed by atoms with van der Waals surface area (Å²) in [5.41, 5.74) is 2.29. The summed E-state index contributed by atoms with van der Waals surface area (Å²) in [4.78, 5) is 17.5. The second-order valence-corrected chi connectivity index (χ2v) is 5.58. The summed E-state index contributed by atoms with van der Waals surface area (Å²) in [5.74, 6) is -0.152. The van der Waals surface area contributed by atoms with Gasteiger partial charge in [-0.2, -0.15) is 0 Å². The third-order valence-corrected chi connectivity index (χ3v) is 3.92. The van der Waals surface area contributed by atoms with Crippen LogP contribution in [0.3, 0.4) is 0 Å². The first-order valence-electron chi connectivity index (χ1n) is 6.01. The summed E-state index contributed by atoms with van der Waals surface area (Å²) >= 11 is 1.59. The molecule has 2 N–H and O–H groups in total. The fourth-order valence-electron chi connectivity index (χ4n) is 1.68. The van der Waals surface area contributed by atoms with E-state index in [-0.39, 0.29) is 12.5 Å². The van der Waals surface area contributed by atoms with Crippen molar-refractivity contribution in [1.82, 2.24) is 10.3 Å². The van der Waals surface area contributed by atoms with Crippen molar-refractivity contribution in [2.24, 2.45) is 0 Å². The molecule has 0 bridgehead atoms. The molecule has 0 atom stereocenters. The number of nitrogens with one attached hydrogen (secondary N) is 1. The second kappa shape index (κ2) is 5.95. The molecule has 1 aromatic carbocycles. The first kappa shape index (κ1) is 13.7. The molecule has 0 aliphatic carbocycles. The molecule has 2 aromatic rings. The largest absolute Gasteiger partial charge is 0.392 e. The van der Waals surface area contributed by atoms with Crippen LogP contribution in [-0.4, -0.2) is 16.0 Å². The summed E-state index contributed by atoms with van der Waals surface area (Å²) in [7, 11) is 0. The Morgan fingerprint density at radius 1 is 1.42 bits per heavy atom. The van der Waals surface area contributed by atoms with E-state index in [1.54, 1.807) is 35.6 Å². The number of aliphatic hydroxyl groups is 1. The van der Waals surface area contributed by atoms with Gasteiger partial charge in [0.25, 0.3) is 5.91 Å². The number of hydrogen-bond acceptors (Lipinski definition) is 4. The molecule has 0 aliphatic heterocycles. The normalized spacial score (nSPS) is 10.5. The Morgan fingerprint density at radius 2 is 2.21 bits per heavy atom. The molecule has 0 aliphatic rings. The highest BCUT2D eigenvalue weighted by Crippen LogP contribution is 2.16. The Balaban J connectivity index is 2.00. The van der Waals surface area contributed by atoms with Crippen LogP contribution in [-0.2, 0) is 13.2 Å². The fraction of sp³-hybridized carbons (Fsp3) is 0.286. The van der Waals surface area contributed by atoms with Crippen molar-refractivity contribution in [3.05, 3.63) is 51.0 Å². The molecule has 1 aromatic heterocycles. The minimum Gasteiger partial charge on any atom is -0.392 e. The average Bonchev–Trinajstić information content (AvgIpc) is 2.75. The van der Waals surface area contributed by atoms with Crippen LogP contribution in [0.15, 0.2) is 24.3 Å². The van der Waals surface area contributed by atoms with Gasteiger partial charge in [0, 0.05) is 10.4 Å². The lowest BCUT2D eigenvalue weighted by molar-refractivity contribution is 0.0950. The van der Waals surface area contributed by atoms with Crippen LogP contribution in [0.2, 0.25) is 0 Å². The average molecular weight is 276 g/mol. The minimum absolute atomic E-state index is 0.0635. The number of aliphatic hydroxyl groups excluding tert-OH is 1. The molecular formula is C14H16N2O2S. The lowest BCUT2D eigenvalue weighted by atomic mass is 10.1. The van der Waals surface area contributed by atoms with Crippen molar-refractivity contribution in [3.63, 3.8) is 0 Å². The zero-order chi connectivity index (χ0) is 13.8. The van der Waals surface area contributed by atoms with E-state index in [1.165, 1.54) is 4.88 Å². The molecular weight excluding hydrogens is 260 g/mol. The first-order chi connectivity index (χ1) is 9.10. The van der Waals surface area contributed by atoms with Gasteiger partial charge in [-0.05, 0) is 31.5 Å². The van der Waals surface area contributed by atoms with E-state index in [1.807, 2.05) is 13.8 Å². The standard InChI is InChI=1S/C14H16N2O2S/c1-9-10(2)19-13(16-9)7-15-14(18)12-5-3-4-11(6-12)8-17/h3-6,17H,7-8H2,1-2H3,(H,15,18). The Morgan fingerprint density at radius 3 is 2.84 bits per heavy atom. The third kappa shape index (κ3) is 3.39. The van der Waals surface area contributed by atoms with Crippen LogP contribution in [0.1, 0.15) is 31.5 Å². The van der Waals surface area contributed by atoms with Crippen molar-refractivity contribution in [3.8, 4) is 0 Å². The highest BCUT2D eigenvalue weighted by atomic mass is 32.1. The number of rotatable bonds is 4. The van der Waals surface area contributed by atoms with Gasteiger partial charge in [0.15, 0.2) is 0 Å². The zero-order valence-corrected chi connectivity index (χ0v) is 11.8. The Bertz CT molecular complexity index is 573. The molecule has 1 heterocycles. The van der Waals surface area contributed by atoms with Crippen molar-refractivity contribution in [2.45, 2.75) is 27.0 Å². The van der Waals surface area contributed by atoms with Crippen molar-refractivity contribution in [2.75, 3.05) is 0 Å². The fourth-order valence-corrected chi connectivity index (χ4v) is 2.56. The lowest BCUT2D eigenvalue weighted by Gasteiger charge is -2.04. The van der Waals surface area contributed by atoms with E-state index in [0.717, 1.165) is 16.3 Å². The SMILES string of the molecule is Cc1nc(CNC(=O)c2cccc(CO)c2)sc1C. The van der Waals surface area contributed by atoms with Gasteiger partial charge in [0.2, 0.25) is 0 Å². The number of amides is 1. The van der Waals surface area contributed by atoms with E-state index in [0.29, 0.717) is 12.1 Å². The van der Waals surface area contributed by atoms with Gasteiger partial charge < -0.3 is 10.4 Å². The molecule has 0 radical (unpaired) electrons. The molecule has 0 unspecified atom stereocenters. The Labute approximate surface area is 116 Å². The Hall–Kier alpha value is -1.72. The molecule has 0 saturated carbocycles. The van der Waals surface area contributed by atoms with Gasteiger partial charge in [-0.1, -0.05) is 12.1 Å². The molecule has 0 spiro atoms. The topological polar surface area (TPSA) is 62.2 Å². The van der Waals surface area contributed by atoms with E-state index in [9.17, 15) is 4.79 Å². The molecule has 2 rings (SSSR count). The number of aryl methyl sites for hydroxylation is 2. The number of nitrogens with zero attached hydrogens (tertiary/aromatic N) is 1. The van der Waals surface area contributed by atoms with Crippen LogP contribution >= 0.6 is 11.3 Å². The highest BCUT2D eigenvalue weighted by Gasteiger charge is 2.08. The molecule has 100 valence electrons. The molecule has 1 amide bonds. The molecule has 0 fully saturated rings. The van der Waals surface area contributed by atoms with Crippen molar-refractivity contribution >= 4 is 17.2 Å². The monoisotopic (exact) mass is 276 g/mol. The number of hydrogen-bond donors (Lipinski definition) is 2. The lowest BCUT2D eigenvalue weighted by Crippen LogP contribution is -2.22. The minimum atomic E-state index is -0.152. The summed E-state index contributed by atoms with van der Waals surface area (Å²) < 4.78 is 0. The number of benzene rings is 1. The first-order valence-corrected chi connectivity index (χ1v) is 6.82. The molecule has 5 heteroatoms. The van der Waals surface area contributed by atoms with Crippen LogP contribution in [0.25, 0.3) is 0 Å². The van der Waals surface area contributed by atoms with E-state index in [2.05, 4.69) is 10.3 Å². The molecule has 4 nitrogen and oxygen atoms in total. The van der Waals surface area contributed by atoms with E-state index in [4.69, 9.17) is 5.11 Å². The van der Waals surface area contributed by atoms with Gasteiger partial charge in [0.05, 0.1) is 18.8 Å².